The quantitative estimate of drug-likeness (QED) is 0.405. The number of sulfonamides is 1. The molecule has 0 aromatic heterocycles. The van der Waals surface area contributed by atoms with Crippen molar-refractivity contribution < 1.29 is 30.7 Å². The topological polar surface area (TPSA) is 58.6 Å². The van der Waals surface area contributed by atoms with Gasteiger partial charge in [-0.1, -0.05) is 50.8 Å². The highest BCUT2D eigenvalue weighted by molar-refractivity contribution is 7.89. The number of rotatable bonds is 8. The van der Waals surface area contributed by atoms with Crippen LogP contribution in [0.2, 0.25) is 0 Å². The van der Waals surface area contributed by atoms with E-state index in [9.17, 15) is 26.0 Å². The number of benzene rings is 1. The molecule has 1 aliphatic carbocycles. The summed E-state index contributed by atoms with van der Waals surface area (Å²) in [5, 5.41) is 3.15. The van der Waals surface area contributed by atoms with Crippen LogP contribution in [0.25, 0.3) is 0 Å². The van der Waals surface area contributed by atoms with Crippen molar-refractivity contribution in [2.45, 2.75) is 83.0 Å². The number of nitrogens with zero attached hydrogens (tertiary/aromatic N) is 1. The molecule has 0 atom stereocenters. The van der Waals surface area contributed by atoms with Gasteiger partial charge in [0.25, 0.3) is 0 Å². The minimum Gasteiger partial charge on any atom is -0.410 e. The van der Waals surface area contributed by atoms with Gasteiger partial charge < -0.3 is 10.1 Å². The van der Waals surface area contributed by atoms with Crippen LogP contribution in [0.5, 0.6) is 0 Å². The van der Waals surface area contributed by atoms with E-state index >= 15 is 0 Å². The lowest BCUT2D eigenvalue weighted by Gasteiger charge is -2.34. The maximum absolute atomic E-state index is 14.5. The van der Waals surface area contributed by atoms with Crippen LogP contribution in [-0.4, -0.2) is 44.8 Å². The van der Waals surface area contributed by atoms with Gasteiger partial charge in [-0.25, -0.2) is 12.8 Å². The number of hydrogen-bond acceptors (Lipinski definition) is 4. The maximum atomic E-state index is 14.5. The number of nitrogens with one attached hydrogen (secondary N) is 1. The summed E-state index contributed by atoms with van der Waals surface area (Å²) in [5.41, 5.74) is 0.787. The fraction of sp³-hybridized carbons (Fsp3) is 0.600. The average Bonchev–Trinajstić information content (AvgIpc) is 2.80. The molecule has 0 saturated carbocycles. The number of piperidine rings is 1. The molecule has 0 bridgehead atoms. The third-order valence-electron chi connectivity index (χ3n) is 5.90. The summed E-state index contributed by atoms with van der Waals surface area (Å²) in [5.74, 6) is -1.04. The van der Waals surface area contributed by atoms with Crippen LogP contribution in [-0.2, 0) is 14.8 Å². The third-order valence-corrected chi connectivity index (χ3v) is 7.81. The largest absolute Gasteiger partial charge is 0.572 e. The van der Waals surface area contributed by atoms with Crippen LogP contribution in [0.1, 0.15) is 64.4 Å². The van der Waals surface area contributed by atoms with Gasteiger partial charge in [0.2, 0.25) is 10.0 Å². The van der Waals surface area contributed by atoms with Crippen LogP contribution < -0.4 is 5.32 Å². The fourth-order valence-electron chi connectivity index (χ4n) is 3.97. The molecular formula is C25H36F4N2O3S. The molecular weight excluding hydrogens is 484 g/mol. The number of alkyl halides is 3. The van der Waals surface area contributed by atoms with Crippen molar-refractivity contribution in [3.05, 3.63) is 53.1 Å². The summed E-state index contributed by atoms with van der Waals surface area (Å²) in [7, 11) is -3.98. The minimum atomic E-state index is -4.88. The lowest BCUT2D eigenvalue weighted by molar-refractivity contribution is -0.306. The zero-order valence-electron chi connectivity index (χ0n) is 20.6. The van der Waals surface area contributed by atoms with E-state index in [0.29, 0.717) is 25.9 Å². The van der Waals surface area contributed by atoms with E-state index in [2.05, 4.69) is 23.9 Å². The Hall–Kier alpha value is -1.91. The molecule has 35 heavy (non-hydrogen) atoms. The highest BCUT2D eigenvalue weighted by atomic mass is 32.2. The van der Waals surface area contributed by atoms with Crippen LogP contribution in [0.3, 0.4) is 0 Å². The number of unbranched alkanes of at least 4 members (excludes halogenated alkanes) is 2. The number of ether oxygens (including phenoxy) is 1. The molecule has 1 aliphatic heterocycles. The summed E-state index contributed by atoms with van der Waals surface area (Å²) >= 11 is 0. The Morgan fingerprint density at radius 1 is 1.06 bits per heavy atom. The molecule has 198 valence electrons. The first-order valence-corrected chi connectivity index (χ1v) is 13.5. The Bertz CT molecular complexity index is 965. The minimum absolute atomic E-state index is 0.0687. The van der Waals surface area contributed by atoms with Crippen molar-refractivity contribution in [3.8, 4) is 0 Å². The van der Waals surface area contributed by atoms with Crippen LogP contribution in [0.4, 0.5) is 17.6 Å². The number of hydrogen-bond donors (Lipinski definition) is 1. The molecule has 1 N–H and O–H groups in total. The highest BCUT2D eigenvalue weighted by Crippen LogP contribution is 2.33. The molecule has 5 nitrogen and oxygen atoms in total. The number of allylic oxidation sites excluding steroid dienone is 2. The van der Waals surface area contributed by atoms with Gasteiger partial charge in [-0.3, -0.25) is 0 Å². The summed E-state index contributed by atoms with van der Waals surface area (Å²) in [6, 6.07) is 5.92. The Labute approximate surface area is 206 Å². The van der Waals surface area contributed by atoms with Gasteiger partial charge in [-0.15, -0.1) is 13.2 Å². The highest BCUT2D eigenvalue weighted by Gasteiger charge is 2.36. The van der Waals surface area contributed by atoms with Gasteiger partial charge in [-0.2, -0.15) is 4.31 Å². The van der Waals surface area contributed by atoms with Crippen molar-refractivity contribution in [1.29, 1.82) is 0 Å². The Balaban J connectivity index is 0.000000784. The van der Waals surface area contributed by atoms with E-state index in [1.807, 2.05) is 6.92 Å². The first kappa shape index (κ1) is 29.3. The van der Waals surface area contributed by atoms with Crippen LogP contribution in [0.15, 0.2) is 52.4 Å². The SMILES string of the molecule is CCCCC.Cc1ccc(S(=O)(=O)N(CC2=C(F)CCC(OC(F)(F)F)=C2)C2CCNCC2)cc1. The monoisotopic (exact) mass is 520 g/mol. The van der Waals surface area contributed by atoms with E-state index < -0.39 is 28.0 Å². The summed E-state index contributed by atoms with van der Waals surface area (Å²) in [4.78, 5) is 0.0687. The molecule has 0 unspecified atom stereocenters. The lowest BCUT2D eigenvalue weighted by atomic mass is 10.0. The van der Waals surface area contributed by atoms with Crippen LogP contribution in [0, 0.1) is 6.92 Å². The standard InChI is InChI=1S/C20H24F4N2O3S.C5H12/c1-14-2-5-18(6-3-14)30(27,28)26(16-8-10-25-11-9-16)13-15-12-17(4-7-19(15)21)29-20(22,23)24;1-3-5-4-2/h2-3,5-6,12,16,25H,4,7-11,13H2,1H3;3-5H2,1-2H3. The van der Waals surface area contributed by atoms with Crippen molar-refractivity contribution in [3.63, 3.8) is 0 Å². The van der Waals surface area contributed by atoms with Gasteiger partial charge >= 0.3 is 6.36 Å². The Morgan fingerprint density at radius 2 is 1.66 bits per heavy atom. The smallest absolute Gasteiger partial charge is 0.410 e. The number of halogens is 4. The maximum Gasteiger partial charge on any atom is 0.572 e. The average molecular weight is 521 g/mol. The molecule has 2 aliphatic rings. The van der Waals surface area contributed by atoms with Gasteiger partial charge in [-0.05, 0) is 51.1 Å². The normalized spacial score (nSPS) is 17.7. The first-order valence-electron chi connectivity index (χ1n) is 12.1. The Kier molecular flexibility index (Phi) is 11.2. The van der Waals surface area contributed by atoms with E-state index in [-0.39, 0.29) is 35.9 Å². The van der Waals surface area contributed by atoms with Gasteiger partial charge in [0.1, 0.15) is 11.6 Å². The van der Waals surface area contributed by atoms with Gasteiger partial charge in [0, 0.05) is 31.0 Å². The van der Waals surface area contributed by atoms with Crippen molar-refractivity contribution >= 4 is 10.0 Å². The van der Waals surface area contributed by atoms with Crippen molar-refractivity contribution in [2.75, 3.05) is 19.6 Å². The summed E-state index contributed by atoms with van der Waals surface area (Å²) in [6.07, 6.45) is 0.728. The van der Waals surface area contributed by atoms with Gasteiger partial charge in [0.15, 0.2) is 0 Å². The van der Waals surface area contributed by atoms with Crippen molar-refractivity contribution in [2.24, 2.45) is 0 Å². The van der Waals surface area contributed by atoms with E-state index in [4.69, 9.17) is 0 Å². The molecule has 0 radical (unpaired) electrons. The lowest BCUT2D eigenvalue weighted by Crippen LogP contribution is -2.47. The fourth-order valence-corrected chi connectivity index (χ4v) is 5.63. The summed E-state index contributed by atoms with van der Waals surface area (Å²) in [6.45, 7) is 7.11. The summed E-state index contributed by atoms with van der Waals surface area (Å²) < 4.78 is 84.1. The molecule has 3 rings (SSSR count). The second-order valence-electron chi connectivity index (χ2n) is 8.79. The molecule has 10 heteroatoms. The van der Waals surface area contributed by atoms with Crippen molar-refractivity contribution in [1.82, 2.24) is 9.62 Å². The molecule has 1 heterocycles. The molecule has 1 saturated heterocycles. The molecule has 1 fully saturated rings. The van der Waals surface area contributed by atoms with E-state index in [1.54, 1.807) is 12.1 Å². The third kappa shape index (κ3) is 9.24. The van der Waals surface area contributed by atoms with Gasteiger partial charge in [0.05, 0.1) is 4.90 Å². The first-order chi connectivity index (χ1) is 16.5. The molecule has 0 amide bonds. The molecule has 1 aromatic rings. The van der Waals surface area contributed by atoms with E-state index in [0.717, 1.165) is 11.6 Å². The molecule has 1 aromatic carbocycles. The molecule has 0 spiro atoms. The van der Waals surface area contributed by atoms with Crippen LogP contribution >= 0.6 is 0 Å². The second-order valence-corrected chi connectivity index (χ2v) is 10.7. The predicted octanol–water partition coefficient (Wildman–Crippen LogP) is 6.37. The van der Waals surface area contributed by atoms with E-state index in [1.165, 1.54) is 35.7 Å². The zero-order valence-corrected chi connectivity index (χ0v) is 21.4. The number of aryl methyl sites for hydroxylation is 1. The predicted molar refractivity (Wildman–Crippen MR) is 129 cm³/mol. The second kappa shape index (κ2) is 13.4. The Morgan fingerprint density at radius 3 is 2.17 bits per heavy atom. The zero-order chi connectivity index (χ0) is 26.1.